The van der Waals surface area contributed by atoms with Crippen molar-refractivity contribution in [2.75, 3.05) is 0 Å². The van der Waals surface area contributed by atoms with E-state index < -0.39 is 5.97 Å². The van der Waals surface area contributed by atoms with Crippen molar-refractivity contribution in [3.05, 3.63) is 11.1 Å². The van der Waals surface area contributed by atoms with Gasteiger partial charge in [-0.25, -0.2) is 0 Å². The van der Waals surface area contributed by atoms with E-state index in [1.807, 2.05) is 0 Å². The topological polar surface area (TPSA) is 37.3 Å². The monoisotopic (exact) mass is 270 g/mol. The predicted molar refractivity (Wildman–Crippen MR) is 73.8 cm³/mol. The maximum Gasteiger partial charge on any atom is 0.314 e. The van der Waals surface area contributed by atoms with Crippen LogP contribution in [0.25, 0.3) is 0 Å². The molecule has 5 saturated carbocycles. The molecule has 0 saturated heterocycles. The van der Waals surface area contributed by atoms with Gasteiger partial charge in [-0.1, -0.05) is 5.57 Å². The number of carboxylic acid groups (broad SMARTS) is 1. The molecular weight excluding hydrogens is 248 g/mol. The molecule has 0 aromatic rings. The van der Waals surface area contributed by atoms with Crippen LogP contribution in [0.2, 0.25) is 0 Å². The molecule has 1 N–H and O–H groups in total. The van der Waals surface area contributed by atoms with Gasteiger partial charge in [-0.3, -0.25) is 4.79 Å². The molecule has 0 radical (unpaired) electrons. The Bertz CT molecular complexity index is 576. The first-order valence-electron chi connectivity index (χ1n) is 8.67. The Morgan fingerprint density at radius 2 is 2.00 bits per heavy atom. The highest BCUT2D eigenvalue weighted by Crippen LogP contribution is 2.79. The molecule has 6 aliphatic rings. The zero-order chi connectivity index (χ0) is 13.2. The first kappa shape index (κ1) is 10.9. The Morgan fingerprint density at radius 1 is 1.15 bits per heavy atom. The van der Waals surface area contributed by atoms with E-state index in [9.17, 15) is 9.90 Å². The standard InChI is InChI=1S/C18H22O2/c19-17(20)18-7-12(13-8-1-3-10(5-8)15(13)18)14-9-2-4-11(6-9)16(14)18/h8-10,12-15H,1-7H2,(H,19,20). The van der Waals surface area contributed by atoms with Crippen LogP contribution in [0.3, 0.4) is 0 Å². The molecule has 0 spiro atoms. The predicted octanol–water partition coefficient (Wildman–Crippen LogP) is 3.48. The highest BCUT2D eigenvalue weighted by molar-refractivity contribution is 5.82. The van der Waals surface area contributed by atoms with Gasteiger partial charge in [0.15, 0.2) is 0 Å². The van der Waals surface area contributed by atoms with Crippen LogP contribution in [-0.4, -0.2) is 11.1 Å². The van der Waals surface area contributed by atoms with Gasteiger partial charge in [0.2, 0.25) is 0 Å². The quantitative estimate of drug-likeness (QED) is 0.585. The summed E-state index contributed by atoms with van der Waals surface area (Å²) in [4.78, 5) is 12.4. The summed E-state index contributed by atoms with van der Waals surface area (Å²) in [7, 11) is 0. The average Bonchev–Trinajstić information content (AvgIpc) is 3.22. The van der Waals surface area contributed by atoms with E-state index in [0.29, 0.717) is 11.8 Å². The lowest BCUT2D eigenvalue weighted by molar-refractivity contribution is -0.150. The van der Waals surface area contributed by atoms with Gasteiger partial charge in [-0.2, -0.15) is 0 Å². The second kappa shape index (κ2) is 3.03. The van der Waals surface area contributed by atoms with Gasteiger partial charge in [0.25, 0.3) is 0 Å². The molecule has 106 valence electrons. The van der Waals surface area contributed by atoms with Gasteiger partial charge in [0.1, 0.15) is 0 Å². The van der Waals surface area contributed by atoms with E-state index in [0.717, 1.165) is 36.0 Å². The maximum absolute atomic E-state index is 12.4. The molecule has 0 heterocycles. The van der Waals surface area contributed by atoms with Gasteiger partial charge in [-0.15, -0.1) is 0 Å². The van der Waals surface area contributed by atoms with E-state index >= 15 is 0 Å². The van der Waals surface area contributed by atoms with Crippen molar-refractivity contribution in [2.24, 2.45) is 46.8 Å². The average molecular weight is 270 g/mol. The van der Waals surface area contributed by atoms with Crippen molar-refractivity contribution in [2.45, 2.75) is 44.9 Å². The molecule has 6 bridgehead atoms. The van der Waals surface area contributed by atoms with Crippen LogP contribution in [0.1, 0.15) is 44.9 Å². The fourth-order valence-electron chi connectivity index (χ4n) is 8.41. The van der Waals surface area contributed by atoms with Gasteiger partial charge >= 0.3 is 5.97 Å². The van der Waals surface area contributed by atoms with Gasteiger partial charge < -0.3 is 5.11 Å². The first-order valence-corrected chi connectivity index (χ1v) is 8.67. The van der Waals surface area contributed by atoms with Gasteiger partial charge in [0, 0.05) is 0 Å². The highest BCUT2D eigenvalue weighted by atomic mass is 16.4. The van der Waals surface area contributed by atoms with Crippen molar-refractivity contribution in [1.29, 1.82) is 0 Å². The summed E-state index contributed by atoms with van der Waals surface area (Å²) in [5.74, 6) is 4.81. The molecule has 0 aliphatic heterocycles. The van der Waals surface area contributed by atoms with Crippen molar-refractivity contribution in [3.8, 4) is 0 Å². The normalized spacial score (nSPS) is 60.5. The zero-order valence-corrected chi connectivity index (χ0v) is 11.8. The van der Waals surface area contributed by atoms with Crippen LogP contribution in [0, 0.1) is 46.8 Å². The molecule has 0 aromatic heterocycles. The Balaban J connectivity index is 1.61. The first-order chi connectivity index (χ1) is 9.72. The summed E-state index contributed by atoms with van der Waals surface area (Å²) < 4.78 is 0. The summed E-state index contributed by atoms with van der Waals surface area (Å²) in [5, 5.41) is 10.2. The van der Waals surface area contributed by atoms with Crippen molar-refractivity contribution >= 4 is 5.97 Å². The number of hydrogen-bond acceptors (Lipinski definition) is 1. The lowest BCUT2D eigenvalue weighted by Gasteiger charge is -2.45. The summed E-state index contributed by atoms with van der Waals surface area (Å²) in [6.07, 6.45) is 8.96. The van der Waals surface area contributed by atoms with Crippen LogP contribution in [0.15, 0.2) is 11.1 Å². The van der Waals surface area contributed by atoms with Gasteiger partial charge in [0.05, 0.1) is 5.41 Å². The summed E-state index contributed by atoms with van der Waals surface area (Å²) in [5.41, 5.74) is 2.72. The number of rotatable bonds is 1. The molecule has 2 heteroatoms. The minimum atomic E-state index is -0.444. The van der Waals surface area contributed by atoms with E-state index in [2.05, 4.69) is 0 Å². The van der Waals surface area contributed by atoms with Crippen LogP contribution >= 0.6 is 0 Å². The van der Waals surface area contributed by atoms with Crippen LogP contribution in [-0.2, 0) is 4.79 Å². The number of aliphatic carboxylic acids is 1. The van der Waals surface area contributed by atoms with Crippen molar-refractivity contribution in [3.63, 3.8) is 0 Å². The zero-order valence-electron chi connectivity index (χ0n) is 11.8. The van der Waals surface area contributed by atoms with Crippen LogP contribution in [0.4, 0.5) is 0 Å². The highest BCUT2D eigenvalue weighted by Gasteiger charge is 2.76. The SMILES string of the molecule is O=C(O)C12CC(C3C1=C1CCC3C1)C1C3CCC(C3)C12. The molecule has 0 amide bonds. The maximum atomic E-state index is 12.4. The number of carboxylic acids is 1. The molecule has 5 fully saturated rings. The minimum absolute atomic E-state index is 0.385. The Kier molecular flexibility index (Phi) is 1.65. The Morgan fingerprint density at radius 3 is 2.85 bits per heavy atom. The second-order valence-corrected chi connectivity index (χ2v) is 8.63. The smallest absolute Gasteiger partial charge is 0.314 e. The largest absolute Gasteiger partial charge is 0.481 e. The third-order valence-electron chi connectivity index (χ3n) is 8.47. The fraction of sp³-hybridized carbons (Fsp3) is 0.833. The van der Waals surface area contributed by atoms with Crippen molar-refractivity contribution < 1.29 is 9.90 Å². The molecule has 8 unspecified atom stereocenters. The van der Waals surface area contributed by atoms with E-state index in [1.54, 1.807) is 5.57 Å². The number of fused-ring (bicyclic) bond motifs is 15. The lowest BCUT2D eigenvalue weighted by Crippen LogP contribution is -2.45. The molecule has 6 aliphatic carbocycles. The Hall–Kier alpha value is -0.790. The molecule has 20 heavy (non-hydrogen) atoms. The number of allylic oxidation sites excluding steroid dienone is 1. The third kappa shape index (κ3) is 0.867. The van der Waals surface area contributed by atoms with E-state index in [-0.39, 0.29) is 5.41 Å². The molecule has 2 nitrogen and oxygen atoms in total. The summed E-state index contributed by atoms with van der Waals surface area (Å²) in [6.45, 7) is 0. The number of hydrogen-bond donors (Lipinski definition) is 1. The lowest BCUT2D eigenvalue weighted by atomic mass is 9.58. The second-order valence-electron chi connectivity index (χ2n) is 8.63. The van der Waals surface area contributed by atoms with Crippen LogP contribution < -0.4 is 0 Å². The van der Waals surface area contributed by atoms with Crippen LogP contribution in [0.5, 0.6) is 0 Å². The summed E-state index contributed by atoms with van der Waals surface area (Å²) >= 11 is 0. The third-order valence-corrected chi connectivity index (χ3v) is 8.47. The Labute approximate surface area is 119 Å². The molecule has 8 atom stereocenters. The number of carbonyl (C=O) groups is 1. The fourth-order valence-corrected chi connectivity index (χ4v) is 8.41. The molecule has 0 aromatic carbocycles. The molecular formula is C18H22O2. The summed E-state index contributed by atoms with van der Waals surface area (Å²) in [6, 6.07) is 0. The molecule has 6 rings (SSSR count). The van der Waals surface area contributed by atoms with E-state index in [1.165, 1.54) is 44.1 Å². The van der Waals surface area contributed by atoms with E-state index in [4.69, 9.17) is 0 Å². The van der Waals surface area contributed by atoms with Gasteiger partial charge in [-0.05, 0) is 91.9 Å². The van der Waals surface area contributed by atoms with Crippen molar-refractivity contribution in [1.82, 2.24) is 0 Å². The minimum Gasteiger partial charge on any atom is -0.481 e.